The number of carbonyl (C=O) groups excluding carboxylic acids is 1. The van der Waals surface area contributed by atoms with Crippen LogP contribution in [0.5, 0.6) is 0 Å². The number of carboxylic acids is 1. The number of anilines is 1. The summed E-state index contributed by atoms with van der Waals surface area (Å²) in [6.07, 6.45) is 6.72. The van der Waals surface area contributed by atoms with Crippen LogP contribution < -0.4 is 5.32 Å². The van der Waals surface area contributed by atoms with Crippen molar-refractivity contribution < 1.29 is 14.7 Å². The number of aromatic nitrogens is 3. The molecule has 0 radical (unpaired) electrons. The molecule has 0 aromatic carbocycles. The number of hydrogen-bond acceptors (Lipinski definition) is 3. The zero-order valence-corrected chi connectivity index (χ0v) is 11.7. The molecule has 0 saturated heterocycles. The summed E-state index contributed by atoms with van der Waals surface area (Å²) in [4.78, 5) is 22.9. The number of carbonyl (C=O) groups is 2. The molecule has 0 aliphatic heterocycles. The van der Waals surface area contributed by atoms with Gasteiger partial charge in [-0.1, -0.05) is 11.6 Å². The van der Waals surface area contributed by atoms with E-state index in [2.05, 4.69) is 10.4 Å². The number of hydrogen-bond donors (Lipinski definition) is 2. The molecule has 1 aliphatic carbocycles. The van der Waals surface area contributed by atoms with Gasteiger partial charge in [-0.2, -0.15) is 5.10 Å². The molecule has 2 aromatic rings. The Bertz CT molecular complexity index is 702. The molecular formula is C13H13ClN4O3. The first-order valence-corrected chi connectivity index (χ1v) is 6.83. The Labute approximate surface area is 125 Å². The highest BCUT2D eigenvalue weighted by atomic mass is 35.5. The third-order valence-electron chi connectivity index (χ3n) is 3.18. The van der Waals surface area contributed by atoms with Gasteiger partial charge in [0.05, 0.1) is 16.9 Å². The van der Waals surface area contributed by atoms with Crippen LogP contribution in [0.2, 0.25) is 5.02 Å². The van der Waals surface area contributed by atoms with Crippen molar-refractivity contribution in [1.29, 1.82) is 0 Å². The van der Waals surface area contributed by atoms with Crippen molar-refractivity contribution in [2.24, 2.45) is 0 Å². The predicted molar refractivity (Wildman–Crippen MR) is 75.5 cm³/mol. The number of rotatable bonds is 5. The zero-order chi connectivity index (χ0) is 15.0. The van der Waals surface area contributed by atoms with E-state index < -0.39 is 5.97 Å². The third kappa shape index (κ3) is 3.08. The van der Waals surface area contributed by atoms with Crippen LogP contribution in [0, 0.1) is 0 Å². The highest BCUT2D eigenvalue weighted by Crippen LogP contribution is 2.37. The van der Waals surface area contributed by atoms with E-state index in [1.807, 2.05) is 4.57 Å². The maximum Gasteiger partial charge on any atom is 0.325 e. The lowest BCUT2D eigenvalue weighted by Gasteiger charge is -2.06. The molecule has 110 valence electrons. The van der Waals surface area contributed by atoms with Crippen LogP contribution in [0.25, 0.3) is 0 Å². The SMILES string of the molecule is O=C(O)Cn1cc(NC(=O)c2cc(Cl)cn2C2CC2)cn1. The standard InChI is InChI=1S/C13H13ClN4O3/c14-8-3-11(18(5-8)10-1-2-10)13(21)16-9-4-15-17(6-9)7-12(19)20/h3-6,10H,1-2,7H2,(H,16,21)(H,19,20). The van der Waals surface area contributed by atoms with Gasteiger partial charge in [0.25, 0.3) is 5.91 Å². The second-order valence-electron chi connectivity index (χ2n) is 4.96. The normalized spacial score (nSPS) is 14.1. The highest BCUT2D eigenvalue weighted by Gasteiger charge is 2.28. The molecule has 1 saturated carbocycles. The Balaban J connectivity index is 1.74. The van der Waals surface area contributed by atoms with Gasteiger partial charge in [0, 0.05) is 18.4 Å². The molecule has 1 amide bonds. The summed E-state index contributed by atoms with van der Waals surface area (Å²) in [5.41, 5.74) is 0.939. The average molecular weight is 309 g/mol. The van der Waals surface area contributed by atoms with E-state index in [0.29, 0.717) is 22.4 Å². The zero-order valence-electron chi connectivity index (χ0n) is 11.0. The summed E-state index contributed by atoms with van der Waals surface area (Å²) < 4.78 is 3.12. The molecule has 0 unspecified atom stereocenters. The second kappa shape index (κ2) is 5.25. The second-order valence-corrected chi connectivity index (χ2v) is 5.39. The van der Waals surface area contributed by atoms with Gasteiger partial charge < -0.3 is 15.0 Å². The van der Waals surface area contributed by atoms with E-state index >= 15 is 0 Å². The van der Waals surface area contributed by atoms with Crippen molar-refractivity contribution in [3.63, 3.8) is 0 Å². The first-order valence-electron chi connectivity index (χ1n) is 6.46. The van der Waals surface area contributed by atoms with Crippen molar-refractivity contribution in [2.75, 3.05) is 5.32 Å². The molecule has 0 spiro atoms. The predicted octanol–water partition coefficient (Wildman–Crippen LogP) is 2.01. The van der Waals surface area contributed by atoms with Gasteiger partial charge in [-0.3, -0.25) is 14.3 Å². The Hall–Kier alpha value is -2.28. The summed E-state index contributed by atoms with van der Waals surface area (Å²) in [6.45, 7) is -0.250. The molecule has 21 heavy (non-hydrogen) atoms. The molecule has 3 rings (SSSR count). The van der Waals surface area contributed by atoms with Gasteiger partial charge >= 0.3 is 5.97 Å². The van der Waals surface area contributed by atoms with Crippen LogP contribution in [0.1, 0.15) is 29.4 Å². The maximum absolute atomic E-state index is 12.3. The Morgan fingerprint density at radius 2 is 2.19 bits per heavy atom. The number of carboxylic acid groups (broad SMARTS) is 1. The quantitative estimate of drug-likeness (QED) is 0.884. The number of halogens is 1. The monoisotopic (exact) mass is 308 g/mol. The number of nitrogens with one attached hydrogen (secondary N) is 1. The van der Waals surface area contributed by atoms with Gasteiger partial charge in [-0.05, 0) is 18.9 Å². The van der Waals surface area contributed by atoms with E-state index in [9.17, 15) is 9.59 Å². The molecule has 7 nitrogen and oxygen atoms in total. The fourth-order valence-corrected chi connectivity index (χ4v) is 2.34. The lowest BCUT2D eigenvalue weighted by Crippen LogP contribution is -2.16. The van der Waals surface area contributed by atoms with Crippen molar-refractivity contribution >= 4 is 29.2 Å². The van der Waals surface area contributed by atoms with Gasteiger partial charge in [0.2, 0.25) is 0 Å². The number of aliphatic carboxylic acids is 1. The van der Waals surface area contributed by atoms with Gasteiger partial charge in [0.1, 0.15) is 12.2 Å². The first kappa shape index (κ1) is 13.7. The Morgan fingerprint density at radius 3 is 2.86 bits per heavy atom. The minimum atomic E-state index is -0.995. The van der Waals surface area contributed by atoms with Gasteiger partial charge in [-0.25, -0.2) is 0 Å². The topological polar surface area (TPSA) is 89.1 Å². The minimum Gasteiger partial charge on any atom is -0.480 e. The molecule has 2 heterocycles. The molecule has 1 fully saturated rings. The highest BCUT2D eigenvalue weighted by molar-refractivity contribution is 6.31. The first-order chi connectivity index (χ1) is 10.0. The maximum atomic E-state index is 12.3. The van der Waals surface area contributed by atoms with E-state index in [-0.39, 0.29) is 12.5 Å². The molecule has 0 atom stereocenters. The lowest BCUT2D eigenvalue weighted by atomic mass is 10.3. The summed E-state index contributed by atoms with van der Waals surface area (Å²) in [6, 6.07) is 1.96. The fourth-order valence-electron chi connectivity index (χ4n) is 2.13. The van der Waals surface area contributed by atoms with Crippen molar-refractivity contribution in [1.82, 2.24) is 14.3 Å². The fraction of sp³-hybridized carbons (Fsp3) is 0.308. The molecule has 8 heteroatoms. The molecule has 2 N–H and O–H groups in total. The largest absolute Gasteiger partial charge is 0.480 e. The molecule has 1 aliphatic rings. The van der Waals surface area contributed by atoms with E-state index in [1.165, 1.54) is 17.1 Å². The van der Waals surface area contributed by atoms with Crippen LogP contribution >= 0.6 is 11.6 Å². The van der Waals surface area contributed by atoms with Gasteiger partial charge in [0.15, 0.2) is 0 Å². The lowest BCUT2D eigenvalue weighted by molar-refractivity contribution is -0.137. The number of nitrogens with zero attached hydrogens (tertiary/aromatic N) is 3. The van der Waals surface area contributed by atoms with Crippen molar-refractivity contribution in [3.05, 3.63) is 35.4 Å². The Kier molecular flexibility index (Phi) is 3.42. The summed E-state index contributed by atoms with van der Waals surface area (Å²) in [7, 11) is 0. The van der Waals surface area contributed by atoms with Crippen LogP contribution in [0.3, 0.4) is 0 Å². The van der Waals surface area contributed by atoms with E-state index in [1.54, 1.807) is 12.3 Å². The van der Waals surface area contributed by atoms with Crippen LogP contribution in [-0.2, 0) is 11.3 Å². The Morgan fingerprint density at radius 1 is 1.43 bits per heavy atom. The van der Waals surface area contributed by atoms with Crippen LogP contribution in [0.15, 0.2) is 24.7 Å². The smallest absolute Gasteiger partial charge is 0.325 e. The summed E-state index contributed by atoms with van der Waals surface area (Å²) in [5.74, 6) is -1.28. The summed E-state index contributed by atoms with van der Waals surface area (Å²) >= 11 is 5.96. The van der Waals surface area contributed by atoms with Gasteiger partial charge in [-0.15, -0.1) is 0 Å². The van der Waals surface area contributed by atoms with Crippen molar-refractivity contribution in [2.45, 2.75) is 25.4 Å². The molecule has 2 aromatic heterocycles. The van der Waals surface area contributed by atoms with Crippen LogP contribution in [-0.4, -0.2) is 31.3 Å². The average Bonchev–Trinajstić information content (AvgIpc) is 3.05. The van der Waals surface area contributed by atoms with E-state index in [4.69, 9.17) is 16.7 Å². The minimum absolute atomic E-state index is 0.250. The van der Waals surface area contributed by atoms with E-state index in [0.717, 1.165) is 12.8 Å². The summed E-state index contributed by atoms with van der Waals surface area (Å²) in [5, 5.41) is 15.8. The van der Waals surface area contributed by atoms with Crippen molar-refractivity contribution in [3.8, 4) is 0 Å². The number of amides is 1. The molecule has 0 bridgehead atoms. The van der Waals surface area contributed by atoms with Crippen LogP contribution in [0.4, 0.5) is 5.69 Å². The molecular weight excluding hydrogens is 296 g/mol. The third-order valence-corrected chi connectivity index (χ3v) is 3.38.